The molecule has 9 heteroatoms. The van der Waals surface area contributed by atoms with Crippen molar-refractivity contribution in [3.05, 3.63) is 27.5 Å². The second-order valence-corrected chi connectivity index (χ2v) is 9.50. The van der Waals surface area contributed by atoms with Crippen molar-refractivity contribution in [3.8, 4) is 0 Å². The highest BCUT2D eigenvalue weighted by atomic mass is 79.9. The number of sulfonamides is 1. The van der Waals surface area contributed by atoms with Crippen LogP contribution in [0.5, 0.6) is 0 Å². The molecule has 0 aliphatic carbocycles. The van der Waals surface area contributed by atoms with E-state index in [4.69, 9.17) is 0 Å². The van der Waals surface area contributed by atoms with E-state index >= 15 is 0 Å². The maximum absolute atomic E-state index is 12.6. The van der Waals surface area contributed by atoms with Crippen molar-refractivity contribution < 1.29 is 13.2 Å². The molecular formula is C15H18BrN3O3S2. The summed E-state index contributed by atoms with van der Waals surface area (Å²) in [7, 11) is -3.39. The van der Waals surface area contributed by atoms with Gasteiger partial charge in [0, 0.05) is 17.6 Å². The molecule has 1 saturated heterocycles. The lowest BCUT2D eigenvalue weighted by molar-refractivity contribution is -0.121. The monoisotopic (exact) mass is 431 g/mol. The highest BCUT2D eigenvalue weighted by Crippen LogP contribution is 2.26. The Balaban J connectivity index is 2.07. The van der Waals surface area contributed by atoms with Gasteiger partial charge in [-0.1, -0.05) is 17.4 Å². The molecule has 2 aromatic rings. The van der Waals surface area contributed by atoms with Crippen LogP contribution in [0.15, 0.2) is 27.7 Å². The highest BCUT2D eigenvalue weighted by molar-refractivity contribution is 9.10. The maximum atomic E-state index is 12.6. The smallest absolute Gasteiger partial charge is 0.266 e. The zero-order valence-electron chi connectivity index (χ0n) is 13.4. The third-order valence-corrected chi connectivity index (χ3v) is 7.06. The van der Waals surface area contributed by atoms with Crippen molar-refractivity contribution in [1.29, 1.82) is 0 Å². The van der Waals surface area contributed by atoms with Crippen molar-refractivity contribution >= 4 is 53.4 Å². The molecule has 1 unspecified atom stereocenters. The molecule has 0 bridgehead atoms. The van der Waals surface area contributed by atoms with E-state index in [1.54, 1.807) is 0 Å². The summed E-state index contributed by atoms with van der Waals surface area (Å²) in [5.74, 6) is -0.386. The van der Waals surface area contributed by atoms with Crippen LogP contribution < -0.4 is 4.80 Å². The lowest BCUT2D eigenvalue weighted by Crippen LogP contribution is -2.39. The first kappa shape index (κ1) is 17.8. The maximum Gasteiger partial charge on any atom is 0.266 e. The van der Waals surface area contributed by atoms with E-state index in [0.717, 1.165) is 20.9 Å². The zero-order valence-corrected chi connectivity index (χ0v) is 16.6. The number of aryl methyl sites for hydroxylation is 1. The summed E-state index contributed by atoms with van der Waals surface area (Å²) >= 11 is 4.98. The Hall–Kier alpha value is -1.03. The second kappa shape index (κ2) is 6.70. The van der Waals surface area contributed by atoms with Crippen molar-refractivity contribution in [2.24, 2.45) is 4.99 Å². The normalized spacial score (nSPS) is 20.1. The van der Waals surface area contributed by atoms with Crippen LogP contribution in [0.25, 0.3) is 10.2 Å². The van der Waals surface area contributed by atoms with Crippen molar-refractivity contribution in [3.63, 3.8) is 0 Å². The fourth-order valence-electron chi connectivity index (χ4n) is 3.02. The van der Waals surface area contributed by atoms with Gasteiger partial charge in [-0.15, -0.1) is 0 Å². The van der Waals surface area contributed by atoms with Gasteiger partial charge >= 0.3 is 0 Å². The Morgan fingerprint density at radius 2 is 2.21 bits per heavy atom. The van der Waals surface area contributed by atoms with Gasteiger partial charge in [0.15, 0.2) is 4.80 Å². The van der Waals surface area contributed by atoms with Gasteiger partial charge in [0.05, 0.1) is 16.5 Å². The number of halogens is 1. The second-order valence-electron chi connectivity index (χ2n) is 5.70. The lowest BCUT2D eigenvalue weighted by Gasteiger charge is -2.18. The Morgan fingerprint density at radius 1 is 1.46 bits per heavy atom. The molecule has 0 N–H and O–H groups in total. The van der Waals surface area contributed by atoms with E-state index in [0.29, 0.717) is 30.7 Å². The average molecular weight is 432 g/mol. The SMILES string of the molecule is CCn1c(=NC(=O)C2CCCN2S(C)(=O)=O)sc2cccc(Br)c21. The molecule has 0 saturated carbocycles. The van der Waals surface area contributed by atoms with Crippen LogP contribution in [-0.4, -0.2) is 42.0 Å². The number of fused-ring (bicyclic) bond motifs is 1. The molecule has 130 valence electrons. The molecule has 6 nitrogen and oxygen atoms in total. The summed E-state index contributed by atoms with van der Waals surface area (Å²) in [6.45, 7) is 3.05. The van der Waals surface area contributed by atoms with Gasteiger partial charge in [-0.25, -0.2) is 8.42 Å². The van der Waals surface area contributed by atoms with Crippen LogP contribution in [0.2, 0.25) is 0 Å². The first-order valence-corrected chi connectivity index (χ1v) is 11.1. The fourth-order valence-corrected chi connectivity index (χ4v) is 5.97. The molecule has 2 heterocycles. The first-order chi connectivity index (χ1) is 11.3. The molecule has 1 aliphatic rings. The predicted octanol–water partition coefficient (Wildman–Crippen LogP) is 2.34. The lowest BCUT2D eigenvalue weighted by atomic mass is 10.2. The standard InChI is InChI=1S/C15H18BrN3O3S2/c1-3-18-13-10(16)6-4-8-12(13)23-15(18)17-14(20)11-7-5-9-19(11)24(2,21)22/h4,6,8,11H,3,5,7,9H2,1-2H3. The number of thiazole rings is 1. The van der Waals surface area contributed by atoms with Crippen molar-refractivity contribution in [2.75, 3.05) is 12.8 Å². The molecule has 1 atom stereocenters. The molecule has 3 rings (SSSR count). The van der Waals surface area contributed by atoms with Crippen molar-refractivity contribution in [1.82, 2.24) is 8.87 Å². The third kappa shape index (κ3) is 3.22. The van der Waals surface area contributed by atoms with Gasteiger partial charge in [0.1, 0.15) is 6.04 Å². The van der Waals surface area contributed by atoms with Crippen LogP contribution in [0.4, 0.5) is 0 Å². The molecule has 1 aromatic heterocycles. The van der Waals surface area contributed by atoms with Gasteiger partial charge in [-0.2, -0.15) is 9.30 Å². The number of hydrogen-bond acceptors (Lipinski definition) is 4. The third-order valence-electron chi connectivity index (χ3n) is 4.09. The van der Waals surface area contributed by atoms with Gasteiger partial charge in [-0.05, 0) is 47.8 Å². The molecule has 0 spiro atoms. The number of nitrogens with zero attached hydrogens (tertiary/aromatic N) is 3. The number of carbonyl (C=O) groups is 1. The quantitative estimate of drug-likeness (QED) is 0.748. The van der Waals surface area contributed by atoms with E-state index in [1.165, 1.54) is 15.6 Å². The largest absolute Gasteiger partial charge is 0.316 e. The summed E-state index contributed by atoms with van der Waals surface area (Å²) in [5.41, 5.74) is 1.00. The summed E-state index contributed by atoms with van der Waals surface area (Å²) in [6, 6.07) is 5.20. The van der Waals surface area contributed by atoms with Crippen molar-refractivity contribution in [2.45, 2.75) is 32.4 Å². The van der Waals surface area contributed by atoms with Gasteiger partial charge < -0.3 is 4.57 Å². The number of amides is 1. The minimum absolute atomic E-state index is 0.385. The summed E-state index contributed by atoms with van der Waals surface area (Å²) in [4.78, 5) is 17.5. The topological polar surface area (TPSA) is 71.7 Å². The Bertz CT molecular complexity index is 962. The van der Waals surface area contributed by atoms with Gasteiger partial charge in [-0.3, -0.25) is 4.79 Å². The molecule has 24 heavy (non-hydrogen) atoms. The molecule has 1 aliphatic heterocycles. The fraction of sp³-hybridized carbons (Fsp3) is 0.467. The number of rotatable bonds is 3. The number of hydrogen-bond donors (Lipinski definition) is 0. The number of para-hydroxylation sites is 1. The molecule has 0 radical (unpaired) electrons. The van der Waals surface area contributed by atoms with E-state index in [2.05, 4.69) is 20.9 Å². The van der Waals surface area contributed by atoms with Gasteiger partial charge in [0.2, 0.25) is 10.0 Å². The van der Waals surface area contributed by atoms with Crippen LogP contribution in [0, 0.1) is 0 Å². The van der Waals surface area contributed by atoms with Gasteiger partial charge in [0.25, 0.3) is 5.91 Å². The predicted molar refractivity (Wildman–Crippen MR) is 98.3 cm³/mol. The van der Waals surface area contributed by atoms with E-state index in [1.807, 2.05) is 29.7 Å². The van der Waals surface area contributed by atoms with Crippen LogP contribution >= 0.6 is 27.3 Å². The minimum Gasteiger partial charge on any atom is -0.316 e. The Kier molecular flexibility index (Phi) is 4.96. The molecule has 1 fully saturated rings. The minimum atomic E-state index is -3.39. The molecule has 1 aromatic carbocycles. The Labute approximate surface area is 153 Å². The van der Waals surface area contributed by atoms with Crippen LogP contribution in [-0.2, 0) is 21.4 Å². The average Bonchev–Trinajstić information content (AvgIpc) is 3.11. The first-order valence-electron chi connectivity index (χ1n) is 7.66. The van der Waals surface area contributed by atoms with E-state index in [9.17, 15) is 13.2 Å². The van der Waals surface area contributed by atoms with Crippen LogP contribution in [0.3, 0.4) is 0 Å². The summed E-state index contributed by atoms with van der Waals surface area (Å²) < 4.78 is 28.9. The number of aromatic nitrogens is 1. The zero-order chi connectivity index (χ0) is 17.5. The molecular weight excluding hydrogens is 414 g/mol. The number of benzene rings is 1. The summed E-state index contributed by atoms with van der Waals surface area (Å²) in [6.07, 6.45) is 2.35. The van der Waals surface area contributed by atoms with E-state index in [-0.39, 0.29) is 5.91 Å². The number of carbonyl (C=O) groups excluding carboxylic acids is 1. The summed E-state index contributed by atoms with van der Waals surface area (Å²) in [5, 5.41) is 0. The van der Waals surface area contributed by atoms with E-state index < -0.39 is 16.1 Å². The van der Waals surface area contributed by atoms with Crippen LogP contribution in [0.1, 0.15) is 19.8 Å². The molecule has 1 amide bonds. The Morgan fingerprint density at radius 3 is 2.88 bits per heavy atom. The highest BCUT2D eigenvalue weighted by Gasteiger charge is 2.36.